The first-order valence-electron chi connectivity index (χ1n) is 6.07. The maximum absolute atomic E-state index is 13.3. The van der Waals surface area contributed by atoms with Crippen LogP contribution in [-0.2, 0) is 6.42 Å². The molecule has 0 amide bonds. The van der Waals surface area contributed by atoms with Gasteiger partial charge in [-0.1, -0.05) is 35.3 Å². The molecular formula is C15H13Cl2F2N. The van der Waals surface area contributed by atoms with Gasteiger partial charge in [0.1, 0.15) is 0 Å². The molecule has 0 saturated carbocycles. The summed E-state index contributed by atoms with van der Waals surface area (Å²) in [5.41, 5.74) is 1.55. The molecule has 1 N–H and O–H groups in total. The molecule has 1 atom stereocenters. The first-order valence-corrected chi connectivity index (χ1v) is 6.83. The summed E-state index contributed by atoms with van der Waals surface area (Å²) < 4.78 is 26.3. The maximum Gasteiger partial charge on any atom is 0.159 e. The number of halogens is 4. The Hall–Kier alpha value is -1.16. The second kappa shape index (κ2) is 6.53. The van der Waals surface area contributed by atoms with E-state index in [9.17, 15) is 8.78 Å². The molecule has 0 aliphatic heterocycles. The average Bonchev–Trinajstić information content (AvgIpc) is 2.41. The van der Waals surface area contributed by atoms with E-state index in [2.05, 4.69) is 5.32 Å². The van der Waals surface area contributed by atoms with Gasteiger partial charge in [-0.3, -0.25) is 0 Å². The molecule has 1 unspecified atom stereocenters. The second-order valence-corrected chi connectivity index (χ2v) is 5.30. The highest BCUT2D eigenvalue weighted by Gasteiger charge is 2.14. The third kappa shape index (κ3) is 3.48. The number of benzene rings is 2. The van der Waals surface area contributed by atoms with Crippen LogP contribution in [0.4, 0.5) is 8.78 Å². The molecule has 0 radical (unpaired) electrons. The fourth-order valence-electron chi connectivity index (χ4n) is 2.02. The number of hydrogen-bond acceptors (Lipinski definition) is 1. The maximum atomic E-state index is 13.3. The molecule has 1 nitrogen and oxygen atoms in total. The smallest absolute Gasteiger partial charge is 0.159 e. The summed E-state index contributed by atoms with van der Waals surface area (Å²) in [5, 5.41) is 4.19. The number of hydrogen-bond donors (Lipinski definition) is 1. The molecule has 2 rings (SSSR count). The minimum Gasteiger partial charge on any atom is -0.313 e. The molecule has 0 spiro atoms. The van der Waals surface area contributed by atoms with Crippen molar-refractivity contribution in [1.82, 2.24) is 5.32 Å². The second-order valence-electron chi connectivity index (χ2n) is 4.45. The van der Waals surface area contributed by atoms with Crippen molar-refractivity contribution in [2.45, 2.75) is 12.5 Å². The van der Waals surface area contributed by atoms with Crippen molar-refractivity contribution in [3.63, 3.8) is 0 Å². The van der Waals surface area contributed by atoms with E-state index in [-0.39, 0.29) is 6.04 Å². The highest BCUT2D eigenvalue weighted by atomic mass is 35.5. The summed E-state index contributed by atoms with van der Waals surface area (Å²) in [6, 6.07) is 8.96. The lowest BCUT2D eigenvalue weighted by atomic mass is 9.99. The van der Waals surface area contributed by atoms with E-state index in [1.165, 1.54) is 6.07 Å². The number of nitrogens with one attached hydrogen (secondary N) is 1. The summed E-state index contributed by atoms with van der Waals surface area (Å²) >= 11 is 12.0. The number of rotatable bonds is 4. The molecule has 0 bridgehead atoms. The van der Waals surface area contributed by atoms with Crippen LogP contribution in [0.1, 0.15) is 17.2 Å². The summed E-state index contributed by atoms with van der Waals surface area (Å²) in [5.74, 6) is -1.71. The fraction of sp³-hybridized carbons (Fsp3) is 0.200. The molecule has 106 valence electrons. The Morgan fingerprint density at radius 2 is 1.80 bits per heavy atom. The monoisotopic (exact) mass is 315 g/mol. The zero-order valence-corrected chi connectivity index (χ0v) is 12.3. The SMILES string of the molecule is CNC(Cc1ccc(Cl)cc1Cl)c1ccc(F)c(F)c1. The van der Waals surface area contributed by atoms with Crippen LogP contribution in [0.3, 0.4) is 0 Å². The lowest BCUT2D eigenvalue weighted by molar-refractivity contribution is 0.501. The molecule has 0 heterocycles. The first kappa shape index (κ1) is 15.2. The predicted molar refractivity (Wildman–Crippen MR) is 78.3 cm³/mol. The van der Waals surface area contributed by atoms with Crippen LogP contribution in [0.15, 0.2) is 36.4 Å². The quantitative estimate of drug-likeness (QED) is 0.856. The minimum absolute atomic E-state index is 0.163. The Kier molecular flexibility index (Phi) is 4.97. The highest BCUT2D eigenvalue weighted by molar-refractivity contribution is 6.35. The van der Waals surface area contributed by atoms with E-state index in [0.29, 0.717) is 22.0 Å². The van der Waals surface area contributed by atoms with Gasteiger partial charge in [0.25, 0.3) is 0 Å². The van der Waals surface area contributed by atoms with Gasteiger partial charge in [0.15, 0.2) is 11.6 Å². The van der Waals surface area contributed by atoms with Crippen LogP contribution in [-0.4, -0.2) is 7.05 Å². The van der Waals surface area contributed by atoms with E-state index in [1.54, 1.807) is 25.2 Å². The minimum atomic E-state index is -0.857. The van der Waals surface area contributed by atoms with Crippen LogP contribution in [0, 0.1) is 11.6 Å². The highest BCUT2D eigenvalue weighted by Crippen LogP contribution is 2.26. The molecule has 0 fully saturated rings. The van der Waals surface area contributed by atoms with Crippen molar-refractivity contribution >= 4 is 23.2 Å². The topological polar surface area (TPSA) is 12.0 Å². The van der Waals surface area contributed by atoms with Crippen LogP contribution in [0.25, 0.3) is 0 Å². The first-order chi connectivity index (χ1) is 9.51. The molecule has 5 heteroatoms. The van der Waals surface area contributed by atoms with Crippen molar-refractivity contribution in [3.05, 3.63) is 69.2 Å². The van der Waals surface area contributed by atoms with Gasteiger partial charge >= 0.3 is 0 Å². The molecule has 0 saturated heterocycles. The van der Waals surface area contributed by atoms with Gasteiger partial charge in [-0.15, -0.1) is 0 Å². The normalized spacial score (nSPS) is 12.4. The van der Waals surface area contributed by atoms with E-state index in [0.717, 1.165) is 11.6 Å². The zero-order chi connectivity index (χ0) is 14.7. The third-order valence-corrected chi connectivity index (χ3v) is 3.72. The van der Waals surface area contributed by atoms with Gasteiger partial charge in [-0.2, -0.15) is 0 Å². The van der Waals surface area contributed by atoms with Crippen LogP contribution in [0.5, 0.6) is 0 Å². The third-order valence-electron chi connectivity index (χ3n) is 3.13. The average molecular weight is 316 g/mol. The standard InChI is InChI=1S/C15H13Cl2F2N/c1-20-15(10-3-5-13(18)14(19)6-10)7-9-2-4-11(16)8-12(9)17/h2-6,8,15,20H,7H2,1H3. The van der Waals surface area contributed by atoms with Gasteiger partial charge in [0.05, 0.1) is 0 Å². The van der Waals surface area contributed by atoms with Gasteiger partial charge in [0.2, 0.25) is 0 Å². The van der Waals surface area contributed by atoms with E-state index < -0.39 is 11.6 Å². The van der Waals surface area contributed by atoms with Crippen molar-refractivity contribution in [3.8, 4) is 0 Å². The molecule has 2 aromatic rings. The van der Waals surface area contributed by atoms with Gasteiger partial charge in [-0.25, -0.2) is 8.78 Å². The number of likely N-dealkylation sites (N-methyl/N-ethyl adjacent to an activating group) is 1. The Morgan fingerprint density at radius 3 is 2.40 bits per heavy atom. The van der Waals surface area contributed by atoms with E-state index in [1.807, 2.05) is 6.07 Å². The summed E-state index contributed by atoms with van der Waals surface area (Å²) in [6.45, 7) is 0. The predicted octanol–water partition coefficient (Wildman–Crippen LogP) is 4.77. The van der Waals surface area contributed by atoms with E-state index >= 15 is 0 Å². The van der Waals surface area contributed by atoms with Crippen molar-refractivity contribution < 1.29 is 8.78 Å². The van der Waals surface area contributed by atoms with Crippen molar-refractivity contribution in [1.29, 1.82) is 0 Å². The lowest BCUT2D eigenvalue weighted by Gasteiger charge is -2.18. The summed E-state index contributed by atoms with van der Waals surface area (Å²) in [4.78, 5) is 0. The van der Waals surface area contributed by atoms with E-state index in [4.69, 9.17) is 23.2 Å². The fourth-order valence-corrected chi connectivity index (χ4v) is 2.51. The molecule has 0 aromatic heterocycles. The van der Waals surface area contributed by atoms with Crippen LogP contribution >= 0.6 is 23.2 Å². The summed E-state index contributed by atoms with van der Waals surface area (Å²) in [7, 11) is 1.76. The molecule has 20 heavy (non-hydrogen) atoms. The molecular weight excluding hydrogens is 303 g/mol. The van der Waals surface area contributed by atoms with Gasteiger partial charge in [0, 0.05) is 16.1 Å². The van der Waals surface area contributed by atoms with Gasteiger partial charge < -0.3 is 5.32 Å². The zero-order valence-electron chi connectivity index (χ0n) is 10.8. The molecule has 0 aliphatic rings. The summed E-state index contributed by atoms with van der Waals surface area (Å²) in [6.07, 6.45) is 0.553. The Bertz CT molecular complexity index is 617. The van der Waals surface area contributed by atoms with Crippen LogP contribution < -0.4 is 5.32 Å². The lowest BCUT2D eigenvalue weighted by Crippen LogP contribution is -2.19. The van der Waals surface area contributed by atoms with Gasteiger partial charge in [-0.05, 0) is 48.9 Å². The Balaban J connectivity index is 2.26. The molecule has 0 aliphatic carbocycles. The largest absolute Gasteiger partial charge is 0.313 e. The Labute approximate surface area is 126 Å². The van der Waals surface area contributed by atoms with Crippen molar-refractivity contribution in [2.24, 2.45) is 0 Å². The van der Waals surface area contributed by atoms with Crippen LogP contribution in [0.2, 0.25) is 10.0 Å². The Morgan fingerprint density at radius 1 is 1.05 bits per heavy atom. The molecule has 2 aromatic carbocycles. The van der Waals surface area contributed by atoms with Crippen molar-refractivity contribution in [2.75, 3.05) is 7.05 Å².